The zero-order chi connectivity index (χ0) is 10.5. The van der Waals surface area contributed by atoms with Crippen LogP contribution in [0.2, 0.25) is 0 Å². The predicted octanol–water partition coefficient (Wildman–Crippen LogP) is -1.08. The Bertz CT molecular complexity index is 574. The molecule has 74 valence electrons. The minimum atomic E-state index is -0.346. The summed E-state index contributed by atoms with van der Waals surface area (Å²) in [6.07, 6.45) is 1.60. The third-order valence-electron chi connectivity index (χ3n) is 2.30. The molecule has 0 aliphatic carbocycles. The smallest absolute Gasteiger partial charge is 0.301 e. The van der Waals surface area contributed by atoms with E-state index in [1.165, 1.54) is 13.7 Å². The molecule has 14 heavy (non-hydrogen) atoms. The molecule has 2 aliphatic heterocycles. The van der Waals surface area contributed by atoms with E-state index in [1.54, 1.807) is 27.3 Å². The lowest BCUT2D eigenvalue weighted by molar-refractivity contribution is 0.697. The van der Waals surface area contributed by atoms with Gasteiger partial charge in [0.25, 0.3) is 0 Å². The Morgan fingerprint density at radius 1 is 1.14 bits per heavy atom. The Morgan fingerprint density at radius 2 is 1.79 bits per heavy atom. The van der Waals surface area contributed by atoms with Crippen molar-refractivity contribution in [1.29, 1.82) is 0 Å². The SMILES string of the molecule is Cn1cc2n(C)c(=O)nc-2n(C)c1=O. The highest BCUT2D eigenvalue weighted by molar-refractivity contribution is 5.49. The summed E-state index contributed by atoms with van der Waals surface area (Å²) >= 11 is 0. The largest absolute Gasteiger partial charge is 0.349 e. The van der Waals surface area contributed by atoms with Crippen molar-refractivity contribution in [3.63, 3.8) is 0 Å². The maximum absolute atomic E-state index is 11.5. The molecular formula is C8H10N4O2. The molecule has 6 heteroatoms. The average molecular weight is 194 g/mol. The second-order valence-electron chi connectivity index (χ2n) is 3.24. The minimum Gasteiger partial charge on any atom is -0.301 e. The summed E-state index contributed by atoms with van der Waals surface area (Å²) in [5.41, 5.74) is 0.108. The molecule has 2 heterocycles. The fourth-order valence-corrected chi connectivity index (χ4v) is 1.43. The standard InChI is InChI=1S/C8H10N4O2/c1-10-4-5-6(12(3)8(10)14)9-7(13)11(5)2/h4H,1-3H3. The lowest BCUT2D eigenvalue weighted by Crippen LogP contribution is -2.28. The molecule has 0 saturated carbocycles. The van der Waals surface area contributed by atoms with Crippen LogP contribution in [0.4, 0.5) is 0 Å². The molecule has 0 aromatic heterocycles. The van der Waals surface area contributed by atoms with Crippen molar-refractivity contribution in [2.24, 2.45) is 21.1 Å². The van der Waals surface area contributed by atoms with E-state index in [4.69, 9.17) is 0 Å². The highest BCUT2D eigenvalue weighted by atomic mass is 16.2. The monoisotopic (exact) mass is 194 g/mol. The number of imidazole rings is 1. The third-order valence-corrected chi connectivity index (χ3v) is 2.30. The second-order valence-corrected chi connectivity index (χ2v) is 3.24. The zero-order valence-corrected chi connectivity index (χ0v) is 8.18. The number of hydrogen-bond acceptors (Lipinski definition) is 3. The van der Waals surface area contributed by atoms with Crippen molar-refractivity contribution < 1.29 is 0 Å². The first-order chi connectivity index (χ1) is 6.52. The number of rotatable bonds is 0. The van der Waals surface area contributed by atoms with Crippen LogP contribution in [0.25, 0.3) is 11.5 Å². The molecule has 0 aromatic carbocycles. The van der Waals surface area contributed by atoms with Crippen molar-refractivity contribution >= 4 is 0 Å². The molecule has 0 spiro atoms. The molecular weight excluding hydrogens is 184 g/mol. The summed E-state index contributed by atoms with van der Waals surface area (Å²) in [7, 11) is 4.86. The van der Waals surface area contributed by atoms with Gasteiger partial charge in [0.2, 0.25) is 0 Å². The van der Waals surface area contributed by atoms with Crippen LogP contribution >= 0.6 is 0 Å². The van der Waals surface area contributed by atoms with E-state index in [9.17, 15) is 9.59 Å². The van der Waals surface area contributed by atoms with E-state index in [0.29, 0.717) is 11.5 Å². The number of nitrogens with zero attached hydrogens (tertiary/aromatic N) is 4. The highest BCUT2D eigenvalue weighted by Crippen LogP contribution is 2.11. The summed E-state index contributed by atoms with van der Waals surface area (Å²) in [5, 5.41) is 0. The molecule has 0 saturated heterocycles. The topological polar surface area (TPSA) is 61.8 Å². The molecule has 0 N–H and O–H groups in total. The van der Waals surface area contributed by atoms with Crippen LogP contribution in [0.3, 0.4) is 0 Å². The molecule has 0 fully saturated rings. The molecule has 2 aliphatic rings. The number of aryl methyl sites for hydroxylation is 1. The minimum absolute atomic E-state index is 0.199. The first-order valence-corrected chi connectivity index (χ1v) is 4.11. The van der Waals surface area contributed by atoms with Gasteiger partial charge < -0.3 is 4.57 Å². The van der Waals surface area contributed by atoms with Crippen LogP contribution < -0.4 is 11.4 Å². The molecule has 0 radical (unpaired) electrons. The Kier molecular flexibility index (Phi) is 1.60. The van der Waals surface area contributed by atoms with Gasteiger partial charge in [-0.2, -0.15) is 4.98 Å². The van der Waals surface area contributed by atoms with Gasteiger partial charge >= 0.3 is 11.4 Å². The molecule has 0 atom stereocenters. The van der Waals surface area contributed by atoms with Crippen LogP contribution in [0.5, 0.6) is 0 Å². The maximum atomic E-state index is 11.5. The Balaban J connectivity index is 3.04. The summed E-state index contributed by atoms with van der Waals surface area (Å²) in [5.74, 6) is 0.417. The first kappa shape index (κ1) is 8.74. The van der Waals surface area contributed by atoms with Gasteiger partial charge in [0, 0.05) is 27.3 Å². The molecule has 0 bridgehead atoms. The van der Waals surface area contributed by atoms with Crippen LogP contribution in [0.1, 0.15) is 0 Å². The zero-order valence-electron chi connectivity index (χ0n) is 8.18. The van der Waals surface area contributed by atoms with Crippen molar-refractivity contribution in [1.82, 2.24) is 18.7 Å². The van der Waals surface area contributed by atoms with Crippen molar-refractivity contribution in [2.75, 3.05) is 0 Å². The van der Waals surface area contributed by atoms with Gasteiger partial charge in [0.15, 0.2) is 5.82 Å². The third kappa shape index (κ3) is 0.935. The molecule has 0 unspecified atom stereocenters. The fourth-order valence-electron chi connectivity index (χ4n) is 1.43. The number of aromatic nitrogens is 4. The quantitative estimate of drug-likeness (QED) is 0.536. The van der Waals surface area contributed by atoms with E-state index >= 15 is 0 Å². The summed E-state index contributed by atoms with van der Waals surface area (Å²) in [4.78, 5) is 26.5. The van der Waals surface area contributed by atoms with Crippen LogP contribution in [0.15, 0.2) is 15.8 Å². The van der Waals surface area contributed by atoms with Crippen molar-refractivity contribution in [3.8, 4) is 11.5 Å². The summed E-state index contributed by atoms with van der Waals surface area (Å²) < 4.78 is 4.19. The van der Waals surface area contributed by atoms with Crippen LogP contribution in [-0.2, 0) is 21.1 Å². The van der Waals surface area contributed by atoms with E-state index in [0.717, 1.165) is 0 Å². The lowest BCUT2D eigenvalue weighted by Gasteiger charge is -2.07. The number of hydrogen-bond donors (Lipinski definition) is 0. The van der Waals surface area contributed by atoms with Gasteiger partial charge in [0.05, 0.1) is 0 Å². The predicted molar refractivity (Wildman–Crippen MR) is 50.3 cm³/mol. The highest BCUT2D eigenvalue weighted by Gasteiger charge is 2.16. The summed E-state index contributed by atoms with van der Waals surface area (Å²) in [6.45, 7) is 0. The van der Waals surface area contributed by atoms with Crippen LogP contribution in [0, 0.1) is 0 Å². The van der Waals surface area contributed by atoms with E-state index < -0.39 is 0 Å². The Hall–Kier alpha value is -1.85. The molecule has 0 amide bonds. The van der Waals surface area contributed by atoms with Gasteiger partial charge in [0.1, 0.15) is 5.69 Å². The van der Waals surface area contributed by atoms with Crippen molar-refractivity contribution in [2.45, 2.75) is 0 Å². The lowest BCUT2D eigenvalue weighted by atomic mass is 10.4. The van der Waals surface area contributed by atoms with E-state index in [-0.39, 0.29) is 11.4 Å². The van der Waals surface area contributed by atoms with E-state index in [1.807, 2.05) is 0 Å². The maximum Gasteiger partial charge on any atom is 0.349 e. The van der Waals surface area contributed by atoms with E-state index in [2.05, 4.69) is 4.98 Å². The molecule has 6 nitrogen and oxygen atoms in total. The van der Waals surface area contributed by atoms with Crippen molar-refractivity contribution in [3.05, 3.63) is 27.2 Å². The Morgan fingerprint density at radius 3 is 2.43 bits per heavy atom. The van der Waals surface area contributed by atoms with Gasteiger partial charge in [-0.1, -0.05) is 0 Å². The van der Waals surface area contributed by atoms with Gasteiger partial charge in [-0.25, -0.2) is 9.59 Å². The number of fused-ring (bicyclic) bond motifs is 1. The first-order valence-electron chi connectivity index (χ1n) is 4.11. The van der Waals surface area contributed by atoms with Gasteiger partial charge in [-0.05, 0) is 0 Å². The fraction of sp³-hybridized carbons (Fsp3) is 0.375. The summed E-state index contributed by atoms with van der Waals surface area (Å²) in [6, 6.07) is 0. The Labute approximate surface area is 79.4 Å². The normalized spacial score (nSPS) is 11.1. The molecule has 0 aromatic rings. The van der Waals surface area contributed by atoms with Gasteiger partial charge in [-0.15, -0.1) is 0 Å². The molecule has 2 rings (SSSR count). The average Bonchev–Trinajstić information content (AvgIpc) is 2.42. The van der Waals surface area contributed by atoms with Crippen LogP contribution in [-0.4, -0.2) is 18.7 Å². The second kappa shape index (κ2) is 2.57. The van der Waals surface area contributed by atoms with Gasteiger partial charge in [-0.3, -0.25) is 9.13 Å².